The van der Waals surface area contributed by atoms with Gasteiger partial charge in [-0.2, -0.15) is 0 Å². The molecule has 1 unspecified atom stereocenters. The molecule has 2 aromatic rings. The van der Waals surface area contributed by atoms with Crippen molar-refractivity contribution in [2.45, 2.75) is 24.2 Å². The Morgan fingerprint density at radius 1 is 1.06 bits per heavy atom. The predicted octanol–water partition coefficient (Wildman–Crippen LogP) is 3.42. The standard InChI is InChI=1S/C26H30N2O4SSe/c1-4-32-26(30)22-19(14-15-27)28(16-34)24(17-10-6-5-7-11-17)23(25(29)31-2)21(22)18-12-8-9-13-20(18)33-3/h5-13,21,34H,4,14-16,27H2,1-3H3. The van der Waals surface area contributed by atoms with Crippen molar-refractivity contribution < 1.29 is 19.1 Å². The Morgan fingerprint density at radius 3 is 2.32 bits per heavy atom. The van der Waals surface area contributed by atoms with Gasteiger partial charge in [-0.15, -0.1) is 0 Å². The van der Waals surface area contributed by atoms with Crippen LogP contribution < -0.4 is 5.73 Å². The molecule has 0 aliphatic carbocycles. The van der Waals surface area contributed by atoms with Crippen LogP contribution in [0.1, 0.15) is 30.4 Å². The van der Waals surface area contributed by atoms with Crippen molar-refractivity contribution in [3.8, 4) is 0 Å². The number of ether oxygens (including phenoxy) is 2. The molecule has 1 atom stereocenters. The second-order valence-electron chi connectivity index (χ2n) is 7.48. The average molecular weight is 546 g/mol. The number of benzene rings is 2. The summed E-state index contributed by atoms with van der Waals surface area (Å²) in [6.45, 7) is 2.34. The van der Waals surface area contributed by atoms with Gasteiger partial charge in [0.1, 0.15) is 0 Å². The van der Waals surface area contributed by atoms with Crippen LogP contribution in [-0.4, -0.2) is 64.8 Å². The number of nitrogens with zero attached hydrogens (tertiary/aromatic N) is 1. The second kappa shape index (κ2) is 12.3. The molecule has 0 amide bonds. The SMILES string of the molecule is CCOC(=O)C1=C(CCN)N(C[SeH])C(c2ccccc2)=C(C(=O)OC)C1c1ccccc1SC. The number of esters is 2. The third kappa shape index (κ3) is 5.10. The number of carbonyl (C=O) groups is 2. The summed E-state index contributed by atoms with van der Waals surface area (Å²) >= 11 is 4.09. The van der Waals surface area contributed by atoms with Gasteiger partial charge < -0.3 is 0 Å². The summed E-state index contributed by atoms with van der Waals surface area (Å²) in [4.78, 5) is 29.9. The topological polar surface area (TPSA) is 81.9 Å². The van der Waals surface area contributed by atoms with E-state index in [0.29, 0.717) is 35.3 Å². The van der Waals surface area contributed by atoms with E-state index in [1.165, 1.54) is 7.11 Å². The summed E-state index contributed by atoms with van der Waals surface area (Å²) < 4.78 is 10.8. The third-order valence-corrected chi connectivity index (χ3v) is 7.06. The van der Waals surface area contributed by atoms with Gasteiger partial charge in [-0.3, -0.25) is 0 Å². The summed E-state index contributed by atoms with van der Waals surface area (Å²) in [7, 11) is 1.37. The van der Waals surface area contributed by atoms with Crippen LogP contribution in [0.15, 0.2) is 76.3 Å². The quantitative estimate of drug-likeness (QED) is 0.294. The summed E-state index contributed by atoms with van der Waals surface area (Å²) in [5.74, 6) is -1.60. The van der Waals surface area contributed by atoms with Crippen LogP contribution in [0.5, 0.6) is 0 Å². The van der Waals surface area contributed by atoms with Gasteiger partial charge in [-0.1, -0.05) is 0 Å². The number of methoxy groups -OCH3 is 1. The van der Waals surface area contributed by atoms with E-state index in [-0.39, 0.29) is 6.61 Å². The molecule has 34 heavy (non-hydrogen) atoms. The van der Waals surface area contributed by atoms with E-state index in [1.54, 1.807) is 18.7 Å². The molecule has 0 aromatic heterocycles. The van der Waals surface area contributed by atoms with E-state index < -0.39 is 17.9 Å². The van der Waals surface area contributed by atoms with E-state index in [9.17, 15) is 9.59 Å². The van der Waals surface area contributed by atoms with Crippen molar-refractivity contribution in [1.82, 2.24) is 4.90 Å². The summed E-state index contributed by atoms with van der Waals surface area (Å²) in [5, 5.41) is 0. The van der Waals surface area contributed by atoms with Crippen molar-refractivity contribution in [2.75, 3.05) is 32.0 Å². The Labute approximate surface area is 213 Å². The molecule has 180 valence electrons. The van der Waals surface area contributed by atoms with E-state index in [4.69, 9.17) is 15.2 Å². The molecule has 2 aromatic carbocycles. The molecule has 0 saturated carbocycles. The molecule has 6 nitrogen and oxygen atoms in total. The van der Waals surface area contributed by atoms with Crippen LogP contribution >= 0.6 is 11.8 Å². The van der Waals surface area contributed by atoms with Gasteiger partial charge >= 0.3 is 214 Å². The number of hydrogen-bond acceptors (Lipinski definition) is 7. The maximum absolute atomic E-state index is 13.5. The summed E-state index contributed by atoms with van der Waals surface area (Å²) in [6, 6.07) is 17.5. The van der Waals surface area contributed by atoms with Crippen molar-refractivity contribution in [3.63, 3.8) is 0 Å². The van der Waals surface area contributed by atoms with Gasteiger partial charge in [-0.25, -0.2) is 0 Å². The average Bonchev–Trinajstić information content (AvgIpc) is 2.87. The van der Waals surface area contributed by atoms with Crippen LogP contribution in [0.4, 0.5) is 0 Å². The Balaban J connectivity index is 2.48. The Bertz CT molecular complexity index is 1100. The molecule has 3 rings (SSSR count). The van der Waals surface area contributed by atoms with Crippen LogP contribution in [0.3, 0.4) is 0 Å². The van der Waals surface area contributed by atoms with E-state index >= 15 is 0 Å². The van der Waals surface area contributed by atoms with Crippen molar-refractivity contribution in [2.24, 2.45) is 5.73 Å². The fourth-order valence-electron chi connectivity index (χ4n) is 4.33. The second-order valence-corrected chi connectivity index (χ2v) is 8.93. The Hall–Kier alpha value is -2.51. The summed E-state index contributed by atoms with van der Waals surface area (Å²) in [6.07, 6.45) is 2.43. The minimum atomic E-state index is -0.665. The third-order valence-electron chi connectivity index (χ3n) is 5.66. The normalized spacial score (nSPS) is 16.0. The van der Waals surface area contributed by atoms with E-state index in [0.717, 1.165) is 21.7 Å². The molecule has 0 bridgehead atoms. The first kappa shape index (κ1) is 26.1. The molecule has 0 radical (unpaired) electrons. The molecule has 1 heterocycles. The molecule has 0 spiro atoms. The van der Waals surface area contributed by atoms with Gasteiger partial charge in [0.2, 0.25) is 0 Å². The Kier molecular flexibility index (Phi) is 9.42. The van der Waals surface area contributed by atoms with Crippen LogP contribution in [0.2, 0.25) is 0 Å². The fourth-order valence-corrected chi connectivity index (χ4v) is 5.62. The van der Waals surface area contributed by atoms with Crippen LogP contribution in [0, 0.1) is 0 Å². The first-order valence-electron chi connectivity index (χ1n) is 11.0. The maximum atomic E-state index is 13.5. The fraction of sp³-hybridized carbons (Fsp3) is 0.308. The molecule has 0 fully saturated rings. The first-order chi connectivity index (χ1) is 16.5. The van der Waals surface area contributed by atoms with Gasteiger partial charge in [0.05, 0.1) is 0 Å². The predicted molar refractivity (Wildman–Crippen MR) is 138 cm³/mol. The molecule has 8 heteroatoms. The van der Waals surface area contributed by atoms with Gasteiger partial charge in [0.25, 0.3) is 0 Å². The molecule has 1 aliphatic heterocycles. The zero-order chi connectivity index (χ0) is 24.7. The zero-order valence-corrected chi connectivity index (χ0v) is 22.3. The summed E-state index contributed by atoms with van der Waals surface area (Å²) in [5.41, 5.74) is 10.5. The van der Waals surface area contributed by atoms with E-state index in [2.05, 4.69) is 16.0 Å². The van der Waals surface area contributed by atoms with Crippen LogP contribution in [-0.2, 0) is 19.1 Å². The number of carbonyl (C=O) groups excluding carboxylic acids is 2. The molecular weight excluding hydrogens is 515 g/mol. The van der Waals surface area contributed by atoms with Crippen molar-refractivity contribution >= 4 is 45.4 Å². The number of nitrogens with two attached hydrogens (primary N) is 1. The number of hydrogen-bond donors (Lipinski definition) is 1. The zero-order valence-electron chi connectivity index (χ0n) is 19.6. The minimum absolute atomic E-state index is 0.222. The molecule has 1 aliphatic rings. The van der Waals surface area contributed by atoms with Crippen LogP contribution in [0.25, 0.3) is 5.70 Å². The first-order valence-corrected chi connectivity index (χ1v) is 13.6. The van der Waals surface area contributed by atoms with Crippen molar-refractivity contribution in [3.05, 3.63) is 82.6 Å². The number of thioether (sulfide) groups is 1. The van der Waals surface area contributed by atoms with Crippen molar-refractivity contribution in [1.29, 1.82) is 0 Å². The molecule has 0 saturated heterocycles. The van der Waals surface area contributed by atoms with E-state index in [1.807, 2.05) is 65.8 Å². The molecule has 2 N–H and O–H groups in total. The monoisotopic (exact) mass is 546 g/mol. The molecular formula is C26H30N2O4SSe. The van der Waals surface area contributed by atoms with Gasteiger partial charge in [-0.05, 0) is 0 Å². The Morgan fingerprint density at radius 2 is 1.74 bits per heavy atom. The number of rotatable bonds is 9. The van der Waals surface area contributed by atoms with Gasteiger partial charge in [0, 0.05) is 0 Å². The van der Waals surface area contributed by atoms with Gasteiger partial charge in [0.15, 0.2) is 0 Å².